The van der Waals surface area contributed by atoms with E-state index in [4.69, 9.17) is 0 Å². The van der Waals surface area contributed by atoms with Gasteiger partial charge in [-0.1, -0.05) is 0 Å². The number of benzene rings is 1. The predicted molar refractivity (Wildman–Crippen MR) is 73.6 cm³/mol. The summed E-state index contributed by atoms with van der Waals surface area (Å²) < 4.78 is 26.6. The van der Waals surface area contributed by atoms with E-state index in [1.807, 2.05) is 0 Å². The lowest BCUT2D eigenvalue weighted by molar-refractivity contribution is 0.102. The number of anilines is 2. The van der Waals surface area contributed by atoms with E-state index in [0.29, 0.717) is 11.9 Å². The van der Waals surface area contributed by atoms with Gasteiger partial charge in [-0.15, -0.1) is 0 Å². The molecule has 0 unspecified atom stereocenters. The Morgan fingerprint density at radius 3 is 2.55 bits per heavy atom. The van der Waals surface area contributed by atoms with Crippen molar-refractivity contribution in [3.05, 3.63) is 46.3 Å². The Bertz CT molecular complexity index is 649. The van der Waals surface area contributed by atoms with Crippen molar-refractivity contribution in [2.24, 2.45) is 0 Å². The van der Waals surface area contributed by atoms with Crippen LogP contribution in [0.25, 0.3) is 0 Å². The molecule has 1 amide bonds. The summed E-state index contributed by atoms with van der Waals surface area (Å²) in [6.45, 7) is 0. The van der Waals surface area contributed by atoms with Crippen LogP contribution in [0.4, 0.5) is 20.3 Å². The fourth-order valence-corrected chi connectivity index (χ4v) is 1.72. The van der Waals surface area contributed by atoms with Crippen molar-refractivity contribution < 1.29 is 13.6 Å². The fraction of sp³-hybridized carbons (Fsp3) is 0.0833. The summed E-state index contributed by atoms with van der Waals surface area (Å²) >= 11 is 2.92. The third kappa shape index (κ3) is 3.08. The van der Waals surface area contributed by atoms with Crippen LogP contribution in [0.3, 0.4) is 0 Å². The monoisotopic (exact) mass is 342 g/mol. The van der Waals surface area contributed by atoms with E-state index in [2.05, 4.69) is 36.5 Å². The lowest BCUT2D eigenvalue weighted by Crippen LogP contribution is -2.15. The molecule has 0 radical (unpaired) electrons. The second-order valence-corrected chi connectivity index (χ2v) is 4.59. The number of nitrogens with one attached hydrogen (secondary N) is 2. The molecule has 104 valence electrons. The zero-order valence-electron chi connectivity index (χ0n) is 10.2. The van der Waals surface area contributed by atoms with Gasteiger partial charge < -0.3 is 10.6 Å². The van der Waals surface area contributed by atoms with Crippen LogP contribution in [0.5, 0.6) is 0 Å². The normalized spacial score (nSPS) is 10.2. The molecular weight excluding hydrogens is 334 g/mol. The van der Waals surface area contributed by atoms with Gasteiger partial charge in [0.05, 0.1) is 22.6 Å². The zero-order chi connectivity index (χ0) is 14.7. The zero-order valence-corrected chi connectivity index (χ0v) is 11.8. The lowest BCUT2D eigenvalue weighted by Gasteiger charge is -2.07. The van der Waals surface area contributed by atoms with Crippen LogP contribution < -0.4 is 10.6 Å². The summed E-state index contributed by atoms with van der Waals surface area (Å²) in [4.78, 5) is 19.6. The first-order valence-corrected chi connectivity index (χ1v) is 6.26. The average Bonchev–Trinajstić information content (AvgIpc) is 2.44. The van der Waals surface area contributed by atoms with E-state index in [1.165, 1.54) is 12.4 Å². The molecule has 5 nitrogen and oxygen atoms in total. The van der Waals surface area contributed by atoms with Crippen LogP contribution >= 0.6 is 15.9 Å². The smallest absolute Gasteiger partial charge is 0.275 e. The van der Waals surface area contributed by atoms with Gasteiger partial charge in [-0.3, -0.25) is 4.79 Å². The molecular formula is C12H9BrF2N4O. The summed E-state index contributed by atoms with van der Waals surface area (Å²) in [6.07, 6.45) is 2.61. The lowest BCUT2D eigenvalue weighted by atomic mass is 10.3. The van der Waals surface area contributed by atoms with Crippen LogP contribution in [-0.4, -0.2) is 22.9 Å². The summed E-state index contributed by atoms with van der Waals surface area (Å²) in [5.74, 6) is -1.77. The van der Waals surface area contributed by atoms with E-state index in [-0.39, 0.29) is 15.9 Å². The molecule has 0 atom stereocenters. The van der Waals surface area contributed by atoms with Gasteiger partial charge in [-0.25, -0.2) is 18.7 Å². The van der Waals surface area contributed by atoms with Crippen molar-refractivity contribution in [1.29, 1.82) is 0 Å². The van der Waals surface area contributed by atoms with Gasteiger partial charge in [0.25, 0.3) is 5.91 Å². The second-order valence-electron chi connectivity index (χ2n) is 3.74. The second kappa shape index (κ2) is 5.91. The highest BCUT2D eigenvalue weighted by Gasteiger charge is 2.13. The quantitative estimate of drug-likeness (QED) is 0.841. The Labute approximate surface area is 121 Å². The van der Waals surface area contributed by atoms with Gasteiger partial charge in [0.15, 0.2) is 0 Å². The highest BCUT2D eigenvalue weighted by Crippen LogP contribution is 2.23. The molecule has 1 aromatic heterocycles. The standard InChI is InChI=1S/C12H9BrF2N4O/c1-16-11-5-17-10(4-18-11)12(20)19-9-2-6(13)7(14)3-8(9)15/h2-5H,1H3,(H,16,18)(H,19,20). The Morgan fingerprint density at radius 1 is 1.20 bits per heavy atom. The van der Waals surface area contributed by atoms with Crippen molar-refractivity contribution in [3.63, 3.8) is 0 Å². The van der Waals surface area contributed by atoms with Gasteiger partial charge in [-0.05, 0) is 22.0 Å². The molecule has 0 bridgehead atoms. The Morgan fingerprint density at radius 2 is 1.95 bits per heavy atom. The third-order valence-corrected chi connectivity index (χ3v) is 3.01. The number of rotatable bonds is 3. The maximum absolute atomic E-state index is 13.5. The number of carbonyl (C=O) groups is 1. The van der Waals surface area contributed by atoms with Crippen LogP contribution in [-0.2, 0) is 0 Å². The Hall–Kier alpha value is -2.09. The molecule has 2 aromatic rings. The maximum Gasteiger partial charge on any atom is 0.275 e. The predicted octanol–water partition coefficient (Wildman–Crippen LogP) is 2.81. The van der Waals surface area contributed by atoms with E-state index in [0.717, 1.165) is 6.07 Å². The maximum atomic E-state index is 13.5. The average molecular weight is 343 g/mol. The third-order valence-electron chi connectivity index (χ3n) is 2.40. The molecule has 0 aliphatic carbocycles. The molecule has 1 heterocycles. The van der Waals surface area contributed by atoms with Gasteiger partial charge in [0.2, 0.25) is 0 Å². The van der Waals surface area contributed by atoms with Crippen LogP contribution in [0.2, 0.25) is 0 Å². The summed E-state index contributed by atoms with van der Waals surface area (Å²) in [5.41, 5.74) is -0.133. The van der Waals surface area contributed by atoms with E-state index in [9.17, 15) is 13.6 Å². The minimum absolute atomic E-state index is 0.0175. The minimum Gasteiger partial charge on any atom is -0.372 e. The first kappa shape index (κ1) is 14.3. The highest BCUT2D eigenvalue weighted by molar-refractivity contribution is 9.10. The largest absolute Gasteiger partial charge is 0.372 e. The SMILES string of the molecule is CNc1cnc(C(=O)Nc2cc(Br)c(F)cc2F)cn1. The van der Waals surface area contributed by atoms with E-state index in [1.54, 1.807) is 7.05 Å². The highest BCUT2D eigenvalue weighted by atomic mass is 79.9. The molecule has 2 rings (SSSR count). The summed E-state index contributed by atoms with van der Waals surface area (Å²) in [5, 5.41) is 5.05. The van der Waals surface area contributed by atoms with Crippen molar-refractivity contribution in [3.8, 4) is 0 Å². The first-order chi connectivity index (χ1) is 9.51. The molecule has 8 heteroatoms. The number of hydrogen-bond acceptors (Lipinski definition) is 4. The van der Waals surface area contributed by atoms with Crippen molar-refractivity contribution in [1.82, 2.24) is 9.97 Å². The molecule has 2 N–H and O–H groups in total. The number of halogens is 3. The summed E-state index contributed by atoms with van der Waals surface area (Å²) in [7, 11) is 1.66. The first-order valence-electron chi connectivity index (χ1n) is 5.47. The molecule has 0 fully saturated rings. The topological polar surface area (TPSA) is 66.9 Å². The number of amides is 1. The van der Waals surface area contributed by atoms with Gasteiger partial charge in [-0.2, -0.15) is 0 Å². The summed E-state index contributed by atoms with van der Waals surface area (Å²) in [6, 6.07) is 1.81. The number of hydrogen-bond donors (Lipinski definition) is 2. The molecule has 20 heavy (non-hydrogen) atoms. The van der Waals surface area contributed by atoms with Crippen molar-refractivity contribution >= 4 is 33.3 Å². The van der Waals surface area contributed by atoms with E-state index < -0.39 is 17.5 Å². The van der Waals surface area contributed by atoms with Crippen molar-refractivity contribution in [2.45, 2.75) is 0 Å². The molecule has 0 saturated carbocycles. The Balaban J connectivity index is 2.20. The van der Waals surface area contributed by atoms with Crippen LogP contribution in [0.1, 0.15) is 10.5 Å². The number of carbonyl (C=O) groups excluding carboxylic acids is 1. The molecule has 0 aliphatic heterocycles. The number of aromatic nitrogens is 2. The fourth-order valence-electron chi connectivity index (χ4n) is 1.38. The van der Waals surface area contributed by atoms with Gasteiger partial charge in [0.1, 0.15) is 23.1 Å². The molecule has 0 aliphatic rings. The van der Waals surface area contributed by atoms with E-state index >= 15 is 0 Å². The van der Waals surface area contributed by atoms with Crippen LogP contribution in [0.15, 0.2) is 29.0 Å². The number of nitrogens with zero attached hydrogens (tertiary/aromatic N) is 2. The van der Waals surface area contributed by atoms with Gasteiger partial charge >= 0.3 is 0 Å². The van der Waals surface area contributed by atoms with Crippen LogP contribution in [0, 0.1) is 11.6 Å². The Kier molecular flexibility index (Phi) is 4.23. The minimum atomic E-state index is -0.876. The molecule has 0 saturated heterocycles. The molecule has 0 spiro atoms. The van der Waals surface area contributed by atoms with Crippen molar-refractivity contribution in [2.75, 3.05) is 17.7 Å². The van der Waals surface area contributed by atoms with Gasteiger partial charge in [0, 0.05) is 13.1 Å². The molecule has 1 aromatic carbocycles.